The highest BCUT2D eigenvalue weighted by atomic mass is 16.6. The van der Waals surface area contributed by atoms with Crippen molar-refractivity contribution < 1.29 is 34.4 Å². The first-order chi connectivity index (χ1) is 12.7. The van der Waals surface area contributed by atoms with Crippen molar-refractivity contribution in [3.05, 3.63) is 47.1 Å². The minimum atomic E-state index is -1.22. The molecule has 1 saturated heterocycles. The van der Waals surface area contributed by atoms with Crippen LogP contribution in [-0.4, -0.2) is 58.3 Å². The molecule has 0 saturated carbocycles. The molecule has 0 radical (unpaired) electrons. The molecule has 0 aromatic carbocycles. The average molecular weight is 376 g/mol. The molecule has 7 heteroatoms. The molecule has 146 valence electrons. The molecule has 3 N–H and O–H groups in total. The van der Waals surface area contributed by atoms with Crippen LogP contribution in [0.3, 0.4) is 0 Å². The van der Waals surface area contributed by atoms with E-state index in [1.165, 1.54) is 0 Å². The molecule has 2 aliphatic carbocycles. The van der Waals surface area contributed by atoms with Crippen LogP contribution in [0.25, 0.3) is 0 Å². The van der Waals surface area contributed by atoms with E-state index in [4.69, 9.17) is 14.6 Å². The minimum absolute atomic E-state index is 0.0878. The number of aliphatic hydroxyl groups excluding tert-OH is 2. The molecule has 1 heterocycles. The molecule has 27 heavy (non-hydrogen) atoms. The Kier molecular flexibility index (Phi) is 5.12. The van der Waals surface area contributed by atoms with Gasteiger partial charge in [-0.2, -0.15) is 0 Å². The van der Waals surface area contributed by atoms with Crippen LogP contribution >= 0.6 is 0 Å². The molecule has 1 aliphatic heterocycles. The van der Waals surface area contributed by atoms with Gasteiger partial charge in [-0.3, -0.25) is 0 Å². The molecule has 0 amide bonds. The van der Waals surface area contributed by atoms with Gasteiger partial charge in [-0.1, -0.05) is 18.2 Å². The Morgan fingerprint density at radius 3 is 2.78 bits per heavy atom. The summed E-state index contributed by atoms with van der Waals surface area (Å²) in [5, 5.41) is 29.6. The second-order valence-electron chi connectivity index (χ2n) is 7.26. The Labute approximate surface area is 157 Å². The first-order valence-electron chi connectivity index (χ1n) is 8.84. The van der Waals surface area contributed by atoms with Crippen LogP contribution in [0, 0.1) is 11.8 Å². The minimum Gasteiger partial charge on any atom is -0.457 e. The van der Waals surface area contributed by atoms with Crippen molar-refractivity contribution in [1.82, 2.24) is 0 Å². The molecule has 3 aliphatic rings. The number of carbonyl (C=O) groups excluding carboxylic acids is 2. The first-order valence-corrected chi connectivity index (χ1v) is 8.84. The summed E-state index contributed by atoms with van der Waals surface area (Å²) in [6.45, 7) is 6.43. The van der Waals surface area contributed by atoms with Gasteiger partial charge in [0.15, 0.2) is 0 Å². The molecule has 1 fully saturated rings. The zero-order valence-corrected chi connectivity index (χ0v) is 15.3. The van der Waals surface area contributed by atoms with Gasteiger partial charge in [0.25, 0.3) is 0 Å². The second kappa shape index (κ2) is 7.07. The maximum Gasteiger partial charge on any atom is 0.336 e. The Morgan fingerprint density at radius 1 is 1.44 bits per heavy atom. The highest BCUT2D eigenvalue weighted by Gasteiger charge is 2.58. The number of ether oxygens (including phenoxy) is 2. The van der Waals surface area contributed by atoms with Gasteiger partial charge >= 0.3 is 11.9 Å². The summed E-state index contributed by atoms with van der Waals surface area (Å²) in [6.07, 6.45) is 3.49. The van der Waals surface area contributed by atoms with Crippen LogP contribution in [0.4, 0.5) is 0 Å². The van der Waals surface area contributed by atoms with Crippen LogP contribution < -0.4 is 0 Å². The lowest BCUT2D eigenvalue weighted by Gasteiger charge is -2.35. The van der Waals surface area contributed by atoms with Crippen molar-refractivity contribution in [2.24, 2.45) is 11.8 Å². The lowest BCUT2D eigenvalue weighted by Crippen LogP contribution is -2.44. The molecule has 0 aromatic rings. The number of carbonyl (C=O) groups is 2. The number of hydrogen-bond donors (Lipinski definition) is 3. The fraction of sp³-hybridized carbons (Fsp3) is 0.500. The number of fused-ring (bicyclic) bond motifs is 3. The maximum atomic E-state index is 12.4. The van der Waals surface area contributed by atoms with E-state index in [2.05, 4.69) is 6.58 Å². The van der Waals surface area contributed by atoms with Crippen molar-refractivity contribution in [2.45, 2.75) is 38.1 Å². The molecular formula is C20H24O7. The van der Waals surface area contributed by atoms with Gasteiger partial charge in [0, 0.05) is 5.57 Å². The monoisotopic (exact) mass is 376 g/mol. The van der Waals surface area contributed by atoms with Gasteiger partial charge in [-0.25, -0.2) is 9.59 Å². The van der Waals surface area contributed by atoms with Gasteiger partial charge in [0.05, 0.1) is 36.2 Å². The summed E-state index contributed by atoms with van der Waals surface area (Å²) in [5.74, 6) is -2.48. The third-order valence-electron chi connectivity index (χ3n) is 5.79. The van der Waals surface area contributed by atoms with E-state index in [-0.39, 0.29) is 11.1 Å². The summed E-state index contributed by atoms with van der Waals surface area (Å²) in [4.78, 5) is 24.6. The summed E-state index contributed by atoms with van der Waals surface area (Å²) in [5.41, 5.74) is 0.400. The Bertz CT molecular complexity index is 775. The second-order valence-corrected chi connectivity index (χ2v) is 7.26. The first kappa shape index (κ1) is 19.5. The molecule has 5 atom stereocenters. The van der Waals surface area contributed by atoms with E-state index < -0.39 is 54.8 Å². The number of rotatable bonds is 4. The Morgan fingerprint density at radius 2 is 2.15 bits per heavy atom. The van der Waals surface area contributed by atoms with Gasteiger partial charge < -0.3 is 24.8 Å². The van der Waals surface area contributed by atoms with Gasteiger partial charge in [0.2, 0.25) is 0 Å². The van der Waals surface area contributed by atoms with E-state index >= 15 is 0 Å². The van der Waals surface area contributed by atoms with Crippen LogP contribution in [0.1, 0.15) is 20.3 Å². The Balaban J connectivity index is 2.01. The maximum absolute atomic E-state index is 12.4. The quantitative estimate of drug-likeness (QED) is 0.373. The summed E-state index contributed by atoms with van der Waals surface area (Å²) < 4.78 is 11.1. The Hall–Kier alpha value is -2.22. The van der Waals surface area contributed by atoms with E-state index in [0.29, 0.717) is 12.0 Å². The third kappa shape index (κ3) is 3.05. The van der Waals surface area contributed by atoms with Gasteiger partial charge in [-0.05, 0) is 38.0 Å². The zero-order valence-electron chi connectivity index (χ0n) is 15.3. The predicted molar refractivity (Wildman–Crippen MR) is 95.2 cm³/mol. The molecular weight excluding hydrogens is 352 g/mol. The normalized spacial score (nSPS) is 35.7. The summed E-state index contributed by atoms with van der Waals surface area (Å²) >= 11 is 0. The number of aliphatic hydroxyl groups is 3. The fourth-order valence-corrected chi connectivity index (χ4v) is 4.28. The lowest BCUT2D eigenvalue weighted by atomic mass is 9.76. The molecule has 5 unspecified atom stereocenters. The van der Waals surface area contributed by atoms with Crippen LogP contribution in [0.15, 0.2) is 47.1 Å². The number of hydrogen-bond acceptors (Lipinski definition) is 7. The third-order valence-corrected chi connectivity index (χ3v) is 5.79. The van der Waals surface area contributed by atoms with Gasteiger partial charge in [-0.15, -0.1) is 0 Å². The highest BCUT2D eigenvalue weighted by Crippen LogP contribution is 2.51. The zero-order chi connectivity index (χ0) is 19.9. The largest absolute Gasteiger partial charge is 0.457 e. The topological polar surface area (TPSA) is 113 Å². The average Bonchev–Trinajstić information content (AvgIpc) is 3.05. The molecule has 0 bridgehead atoms. The van der Waals surface area contributed by atoms with Gasteiger partial charge in [0.1, 0.15) is 12.2 Å². The molecule has 3 rings (SSSR count). The molecule has 7 nitrogen and oxygen atoms in total. The van der Waals surface area contributed by atoms with Crippen molar-refractivity contribution >= 4 is 11.9 Å². The van der Waals surface area contributed by atoms with E-state index in [9.17, 15) is 19.8 Å². The summed E-state index contributed by atoms with van der Waals surface area (Å²) in [7, 11) is 0. The highest BCUT2D eigenvalue weighted by molar-refractivity contribution is 5.92. The molecule has 0 aromatic heterocycles. The van der Waals surface area contributed by atoms with Crippen LogP contribution in [0.2, 0.25) is 0 Å². The van der Waals surface area contributed by atoms with Crippen molar-refractivity contribution in [3.8, 4) is 0 Å². The standard InChI is InChI=1S/C20H24O7/c1-10-4-6-20(25)11(2)8-14(26-19(24)13(9-22)5-7-21)15-12(3)18(23)27-17(15)16(10)20/h4-5,8,14-17,21-22,25H,3,6-7,9H2,1-2H3. The predicted octanol–water partition coefficient (Wildman–Crippen LogP) is 0.564. The SMILES string of the molecule is C=C1C(=O)OC2C1C(OC(=O)C(=CCO)CO)C=C(C)C1(O)CC=C(C)C21. The van der Waals surface area contributed by atoms with Crippen molar-refractivity contribution in [3.63, 3.8) is 0 Å². The van der Waals surface area contributed by atoms with Crippen LogP contribution in [-0.2, 0) is 19.1 Å². The van der Waals surface area contributed by atoms with Crippen molar-refractivity contribution in [2.75, 3.05) is 13.2 Å². The fourth-order valence-electron chi connectivity index (χ4n) is 4.28. The smallest absolute Gasteiger partial charge is 0.336 e. The summed E-state index contributed by atoms with van der Waals surface area (Å²) in [6, 6.07) is 0. The lowest BCUT2D eigenvalue weighted by molar-refractivity contribution is -0.147. The molecule has 0 spiro atoms. The van der Waals surface area contributed by atoms with E-state index in [1.807, 2.05) is 13.0 Å². The van der Waals surface area contributed by atoms with Crippen molar-refractivity contribution in [1.29, 1.82) is 0 Å². The number of esters is 2. The van der Waals surface area contributed by atoms with Crippen LogP contribution in [0.5, 0.6) is 0 Å². The van der Waals surface area contributed by atoms with E-state index in [1.54, 1.807) is 13.0 Å². The van der Waals surface area contributed by atoms with E-state index in [0.717, 1.165) is 11.6 Å².